The van der Waals surface area contributed by atoms with Crippen molar-refractivity contribution >= 4 is 23.2 Å². The van der Waals surface area contributed by atoms with E-state index in [9.17, 15) is 0 Å². The third kappa shape index (κ3) is 3.02. The van der Waals surface area contributed by atoms with Gasteiger partial charge in [0.05, 0.1) is 5.54 Å². The van der Waals surface area contributed by atoms with Crippen LogP contribution in [0.3, 0.4) is 0 Å². The molecule has 1 fully saturated rings. The zero-order valence-electron chi connectivity index (χ0n) is 12.6. The predicted octanol–water partition coefficient (Wildman–Crippen LogP) is 3.56. The summed E-state index contributed by atoms with van der Waals surface area (Å²) in [5.74, 6) is 1.83. The molecule has 2 N–H and O–H groups in total. The minimum absolute atomic E-state index is 0. The lowest BCUT2D eigenvalue weighted by Crippen LogP contribution is -2.44. The quantitative estimate of drug-likeness (QED) is 0.791. The van der Waals surface area contributed by atoms with Gasteiger partial charge < -0.3 is 15.0 Å². The van der Waals surface area contributed by atoms with Crippen LogP contribution in [-0.4, -0.2) is 10.1 Å². The number of halogens is 1. The molecule has 1 aliphatic rings. The third-order valence-electron chi connectivity index (χ3n) is 4.24. The third-order valence-corrected chi connectivity index (χ3v) is 4.24. The molecular formula is C17H18ClN3O2. The van der Waals surface area contributed by atoms with Gasteiger partial charge in [0.15, 0.2) is 12.4 Å². The molecule has 1 saturated carbocycles. The standard InChI is InChI=1S/C17H17N3O2.ClH/c18-17(8-3-9-17)16-19-15(22-20-16)11-21-14-7-6-12-4-1-2-5-13(12)10-14;/h1-2,4-7,10H,3,8-9,11,18H2;1H. The van der Waals surface area contributed by atoms with Gasteiger partial charge in [0.25, 0.3) is 5.89 Å². The van der Waals surface area contributed by atoms with Crippen LogP contribution in [0.5, 0.6) is 5.75 Å². The van der Waals surface area contributed by atoms with Gasteiger partial charge >= 0.3 is 0 Å². The van der Waals surface area contributed by atoms with Gasteiger partial charge in [0.1, 0.15) is 5.75 Å². The SMILES string of the molecule is Cl.NC1(c2noc(COc3ccc4ccccc4c3)n2)CCC1. The summed E-state index contributed by atoms with van der Waals surface area (Å²) in [4.78, 5) is 4.35. The normalized spacial score (nSPS) is 15.7. The van der Waals surface area contributed by atoms with E-state index < -0.39 is 5.54 Å². The first-order valence-electron chi connectivity index (χ1n) is 7.47. The van der Waals surface area contributed by atoms with Gasteiger partial charge in [-0.05, 0) is 42.2 Å². The van der Waals surface area contributed by atoms with Crippen LogP contribution in [0.2, 0.25) is 0 Å². The monoisotopic (exact) mass is 331 g/mol. The smallest absolute Gasteiger partial charge is 0.264 e. The van der Waals surface area contributed by atoms with Crippen molar-refractivity contribution in [2.45, 2.75) is 31.4 Å². The second-order valence-corrected chi connectivity index (χ2v) is 5.82. The van der Waals surface area contributed by atoms with Crippen molar-refractivity contribution in [1.82, 2.24) is 10.1 Å². The maximum absolute atomic E-state index is 6.18. The summed E-state index contributed by atoms with van der Waals surface area (Å²) in [6, 6.07) is 14.1. The molecule has 5 nitrogen and oxygen atoms in total. The number of rotatable bonds is 4. The molecular weight excluding hydrogens is 314 g/mol. The van der Waals surface area contributed by atoms with Crippen molar-refractivity contribution in [1.29, 1.82) is 0 Å². The fourth-order valence-corrected chi connectivity index (χ4v) is 2.70. The summed E-state index contributed by atoms with van der Waals surface area (Å²) in [6.07, 6.45) is 2.95. The van der Waals surface area contributed by atoms with E-state index in [-0.39, 0.29) is 19.0 Å². The van der Waals surface area contributed by atoms with Gasteiger partial charge in [-0.1, -0.05) is 35.5 Å². The molecule has 0 atom stereocenters. The maximum Gasteiger partial charge on any atom is 0.264 e. The zero-order valence-corrected chi connectivity index (χ0v) is 13.4. The van der Waals surface area contributed by atoms with Crippen LogP contribution in [0.4, 0.5) is 0 Å². The molecule has 0 unspecified atom stereocenters. The average Bonchev–Trinajstić information content (AvgIpc) is 3.00. The molecule has 120 valence electrons. The maximum atomic E-state index is 6.18. The molecule has 1 heterocycles. The van der Waals surface area contributed by atoms with Gasteiger partial charge in [-0.15, -0.1) is 12.4 Å². The lowest BCUT2D eigenvalue weighted by molar-refractivity contribution is 0.223. The molecule has 3 aromatic rings. The van der Waals surface area contributed by atoms with E-state index in [4.69, 9.17) is 15.0 Å². The minimum Gasteiger partial charge on any atom is -0.484 e. The molecule has 0 amide bonds. The number of aromatic nitrogens is 2. The Balaban J connectivity index is 0.00000156. The zero-order chi connectivity index (χ0) is 15.0. The predicted molar refractivity (Wildman–Crippen MR) is 89.5 cm³/mol. The van der Waals surface area contributed by atoms with E-state index in [2.05, 4.69) is 22.3 Å². The van der Waals surface area contributed by atoms with Crippen LogP contribution >= 0.6 is 12.4 Å². The lowest BCUT2D eigenvalue weighted by atomic mass is 9.77. The highest BCUT2D eigenvalue weighted by Gasteiger charge is 2.38. The van der Waals surface area contributed by atoms with E-state index in [0.717, 1.165) is 30.4 Å². The second-order valence-electron chi connectivity index (χ2n) is 5.82. The average molecular weight is 332 g/mol. The highest BCUT2D eigenvalue weighted by molar-refractivity contribution is 5.85. The van der Waals surface area contributed by atoms with Crippen LogP contribution in [0, 0.1) is 0 Å². The van der Waals surface area contributed by atoms with Crippen molar-refractivity contribution in [3.63, 3.8) is 0 Å². The van der Waals surface area contributed by atoms with E-state index >= 15 is 0 Å². The number of hydrogen-bond donors (Lipinski definition) is 1. The highest BCUT2D eigenvalue weighted by atomic mass is 35.5. The van der Waals surface area contributed by atoms with Crippen LogP contribution in [0.25, 0.3) is 10.8 Å². The summed E-state index contributed by atoms with van der Waals surface area (Å²) < 4.78 is 11.0. The Morgan fingerprint density at radius 1 is 1.13 bits per heavy atom. The van der Waals surface area contributed by atoms with Crippen molar-refractivity contribution in [2.75, 3.05) is 0 Å². The molecule has 2 aromatic carbocycles. The molecule has 0 aliphatic heterocycles. The lowest BCUT2D eigenvalue weighted by Gasteiger charge is -2.34. The van der Waals surface area contributed by atoms with Gasteiger partial charge in [0, 0.05) is 0 Å². The first-order valence-corrected chi connectivity index (χ1v) is 7.47. The van der Waals surface area contributed by atoms with E-state index in [1.807, 2.05) is 30.3 Å². The van der Waals surface area contributed by atoms with Crippen molar-refractivity contribution in [3.05, 3.63) is 54.2 Å². The number of benzene rings is 2. The van der Waals surface area contributed by atoms with Crippen LogP contribution in [0.1, 0.15) is 31.0 Å². The molecule has 0 radical (unpaired) electrons. The molecule has 0 bridgehead atoms. The summed E-state index contributed by atoms with van der Waals surface area (Å²) in [6.45, 7) is 0.251. The van der Waals surface area contributed by atoms with Gasteiger partial charge in [-0.3, -0.25) is 0 Å². The highest BCUT2D eigenvalue weighted by Crippen LogP contribution is 2.36. The van der Waals surface area contributed by atoms with Gasteiger partial charge in [-0.25, -0.2) is 0 Å². The summed E-state index contributed by atoms with van der Waals surface area (Å²) in [7, 11) is 0. The Labute approximate surface area is 140 Å². The number of hydrogen-bond acceptors (Lipinski definition) is 5. The largest absolute Gasteiger partial charge is 0.484 e. The molecule has 4 rings (SSSR count). The number of nitrogens with zero attached hydrogens (tertiary/aromatic N) is 2. The van der Waals surface area contributed by atoms with Gasteiger partial charge in [0.2, 0.25) is 0 Å². The number of ether oxygens (including phenoxy) is 1. The number of nitrogens with two attached hydrogens (primary N) is 1. The van der Waals surface area contributed by atoms with E-state index in [1.165, 1.54) is 5.39 Å². The molecule has 1 aliphatic carbocycles. The van der Waals surface area contributed by atoms with Crippen molar-refractivity contribution < 1.29 is 9.26 Å². The molecule has 6 heteroatoms. The van der Waals surface area contributed by atoms with E-state index in [1.54, 1.807) is 0 Å². The van der Waals surface area contributed by atoms with E-state index in [0.29, 0.717) is 11.7 Å². The van der Waals surface area contributed by atoms with Crippen LogP contribution in [-0.2, 0) is 12.1 Å². The Kier molecular flexibility index (Phi) is 4.24. The van der Waals surface area contributed by atoms with Gasteiger partial charge in [-0.2, -0.15) is 4.98 Å². The second kappa shape index (κ2) is 6.18. The molecule has 0 spiro atoms. The molecule has 23 heavy (non-hydrogen) atoms. The van der Waals surface area contributed by atoms with Crippen molar-refractivity contribution in [3.8, 4) is 5.75 Å². The Morgan fingerprint density at radius 2 is 1.91 bits per heavy atom. The van der Waals surface area contributed by atoms with Crippen molar-refractivity contribution in [2.24, 2.45) is 5.73 Å². The topological polar surface area (TPSA) is 74.2 Å². The summed E-state index contributed by atoms with van der Waals surface area (Å²) >= 11 is 0. The van der Waals surface area contributed by atoms with Crippen LogP contribution < -0.4 is 10.5 Å². The Hall–Kier alpha value is -2.11. The fourth-order valence-electron chi connectivity index (χ4n) is 2.70. The summed E-state index contributed by atoms with van der Waals surface area (Å²) in [5, 5.41) is 6.31. The minimum atomic E-state index is -0.398. The fraction of sp³-hybridized carbons (Fsp3) is 0.294. The first kappa shape index (κ1) is 15.8. The first-order chi connectivity index (χ1) is 10.7. The Bertz CT molecular complexity index is 814. The van der Waals surface area contributed by atoms with Crippen LogP contribution in [0.15, 0.2) is 47.0 Å². The summed E-state index contributed by atoms with van der Waals surface area (Å²) in [5.41, 5.74) is 5.78. The molecule has 1 aromatic heterocycles. The Morgan fingerprint density at radius 3 is 2.65 bits per heavy atom. The number of fused-ring (bicyclic) bond motifs is 1. The molecule has 0 saturated heterocycles.